The van der Waals surface area contributed by atoms with Crippen LogP contribution in [0.4, 0.5) is 0 Å². The third-order valence-corrected chi connectivity index (χ3v) is 7.12. The zero-order chi connectivity index (χ0) is 28.3. The summed E-state index contributed by atoms with van der Waals surface area (Å²) in [7, 11) is 0. The molecule has 7 heteroatoms. The molecule has 0 atom stereocenters. The molecule has 0 aliphatic heterocycles. The molecule has 4 aromatic carbocycles. The molecule has 206 valence electrons. The first-order valence-electron chi connectivity index (χ1n) is 13.4. The van der Waals surface area contributed by atoms with Gasteiger partial charge in [-0.2, -0.15) is 0 Å². The van der Waals surface area contributed by atoms with Crippen LogP contribution in [-0.2, 0) is 24.2 Å². The Hall–Kier alpha value is -3.94. The number of hydrogen-bond acceptors (Lipinski definition) is 4. The Morgan fingerprint density at radius 3 is 2.27 bits per heavy atom. The number of nitrogens with one attached hydrogen (secondary N) is 1. The molecule has 0 spiro atoms. The maximum Gasteiger partial charge on any atom is 0.251 e. The molecule has 4 N–H and O–H groups in total. The minimum absolute atomic E-state index is 0.0402. The van der Waals surface area contributed by atoms with Crippen LogP contribution in [0.2, 0.25) is 0 Å². The fourth-order valence-electron chi connectivity index (χ4n) is 4.47. The van der Waals surface area contributed by atoms with Crippen molar-refractivity contribution in [3.05, 3.63) is 124 Å². The fourth-order valence-corrected chi connectivity index (χ4v) is 4.91. The van der Waals surface area contributed by atoms with E-state index in [1.807, 2.05) is 77.7 Å². The molecule has 40 heavy (non-hydrogen) atoms. The van der Waals surface area contributed by atoms with E-state index < -0.39 is 0 Å². The summed E-state index contributed by atoms with van der Waals surface area (Å²) in [6.45, 7) is 2.08. The summed E-state index contributed by atoms with van der Waals surface area (Å²) in [5, 5.41) is 12.5. The van der Waals surface area contributed by atoms with Crippen molar-refractivity contribution >= 4 is 27.7 Å². The van der Waals surface area contributed by atoms with E-state index in [2.05, 4.69) is 27.3 Å². The lowest BCUT2D eigenvalue weighted by molar-refractivity contribution is -0.131. The van der Waals surface area contributed by atoms with Crippen molar-refractivity contribution in [1.82, 2.24) is 10.2 Å². The second-order valence-corrected chi connectivity index (χ2v) is 10.6. The number of rotatable bonds is 12. The van der Waals surface area contributed by atoms with Gasteiger partial charge in [-0.1, -0.05) is 70.5 Å². The number of amides is 2. The highest BCUT2D eigenvalue weighted by Gasteiger charge is 2.16. The number of aromatic hydroxyl groups is 1. The van der Waals surface area contributed by atoms with Gasteiger partial charge in [0, 0.05) is 29.7 Å². The second kappa shape index (κ2) is 14.4. The number of benzene rings is 4. The van der Waals surface area contributed by atoms with Crippen LogP contribution in [0.15, 0.2) is 102 Å². The third-order valence-electron chi connectivity index (χ3n) is 6.63. The van der Waals surface area contributed by atoms with Crippen molar-refractivity contribution in [2.75, 3.05) is 19.6 Å². The highest BCUT2D eigenvalue weighted by molar-refractivity contribution is 9.10. The van der Waals surface area contributed by atoms with Gasteiger partial charge in [0.2, 0.25) is 5.91 Å². The van der Waals surface area contributed by atoms with Crippen molar-refractivity contribution in [3.8, 4) is 16.9 Å². The van der Waals surface area contributed by atoms with Crippen LogP contribution in [0.3, 0.4) is 0 Å². The number of halogens is 1. The van der Waals surface area contributed by atoms with E-state index >= 15 is 0 Å². The molecule has 0 unspecified atom stereocenters. The molecular formula is C33H34BrN3O3. The van der Waals surface area contributed by atoms with Gasteiger partial charge in [-0.15, -0.1) is 0 Å². The quantitative estimate of drug-likeness (QED) is 0.182. The monoisotopic (exact) mass is 599 g/mol. The van der Waals surface area contributed by atoms with Crippen molar-refractivity contribution in [2.45, 2.75) is 25.8 Å². The lowest BCUT2D eigenvalue weighted by Crippen LogP contribution is -2.33. The summed E-state index contributed by atoms with van der Waals surface area (Å²) in [6, 6.07) is 30.5. The minimum Gasteiger partial charge on any atom is -0.508 e. The first kappa shape index (κ1) is 29.1. The standard InChI is InChI=1S/C33H34BrN3O3/c34-30-10-2-5-25(20-30)21-32(39)37(18-15-24-11-13-31(38)14-12-24)23-26-6-1-7-27(19-26)28-8-3-9-29(22-28)33(40)36-17-4-16-35/h1-3,5-14,19-20,22,38H,4,15-18,21,23,35H2,(H,36,40). The van der Waals surface area contributed by atoms with Crippen LogP contribution in [-0.4, -0.2) is 41.5 Å². The Morgan fingerprint density at radius 1 is 0.825 bits per heavy atom. The fraction of sp³-hybridized carbons (Fsp3) is 0.212. The number of nitrogens with zero attached hydrogens (tertiary/aromatic N) is 1. The predicted octanol–water partition coefficient (Wildman–Crippen LogP) is 5.71. The number of carbonyl (C=O) groups is 2. The van der Waals surface area contributed by atoms with Crippen LogP contribution in [0.1, 0.15) is 33.5 Å². The first-order chi connectivity index (χ1) is 19.4. The van der Waals surface area contributed by atoms with Gasteiger partial charge in [0.15, 0.2) is 0 Å². The number of nitrogens with two attached hydrogens (primary N) is 1. The Morgan fingerprint density at radius 2 is 1.52 bits per heavy atom. The highest BCUT2D eigenvalue weighted by atomic mass is 79.9. The van der Waals surface area contributed by atoms with Gasteiger partial charge in [-0.25, -0.2) is 0 Å². The van der Waals surface area contributed by atoms with E-state index in [0.29, 0.717) is 44.6 Å². The molecule has 0 aliphatic rings. The first-order valence-corrected chi connectivity index (χ1v) is 14.2. The largest absolute Gasteiger partial charge is 0.508 e. The summed E-state index contributed by atoms with van der Waals surface area (Å²) < 4.78 is 0.941. The summed E-state index contributed by atoms with van der Waals surface area (Å²) in [5.41, 5.74) is 11.0. The number of phenolic OH excluding ortho intramolecular Hbond substituents is 1. The normalized spacial score (nSPS) is 10.8. The predicted molar refractivity (Wildman–Crippen MR) is 163 cm³/mol. The van der Waals surface area contributed by atoms with Gasteiger partial charge in [-0.3, -0.25) is 9.59 Å². The Bertz CT molecular complexity index is 1440. The zero-order valence-electron chi connectivity index (χ0n) is 22.4. The maximum atomic E-state index is 13.5. The molecule has 4 rings (SSSR count). The van der Waals surface area contributed by atoms with Crippen LogP contribution < -0.4 is 11.1 Å². The van der Waals surface area contributed by atoms with Crippen molar-refractivity contribution < 1.29 is 14.7 Å². The van der Waals surface area contributed by atoms with E-state index in [4.69, 9.17) is 5.73 Å². The van der Waals surface area contributed by atoms with E-state index in [9.17, 15) is 14.7 Å². The molecular weight excluding hydrogens is 566 g/mol. The SMILES string of the molecule is NCCCNC(=O)c1cccc(-c2cccc(CN(CCc3ccc(O)cc3)C(=O)Cc3cccc(Br)c3)c2)c1. The molecule has 6 nitrogen and oxygen atoms in total. The second-order valence-electron chi connectivity index (χ2n) is 9.72. The molecule has 0 radical (unpaired) electrons. The molecule has 0 bridgehead atoms. The molecule has 0 aliphatic carbocycles. The van der Waals surface area contributed by atoms with Crippen molar-refractivity contribution in [2.24, 2.45) is 5.73 Å². The van der Waals surface area contributed by atoms with Crippen molar-refractivity contribution in [1.29, 1.82) is 0 Å². The Kier molecular flexibility index (Phi) is 10.5. The van der Waals surface area contributed by atoms with Crippen LogP contribution in [0.25, 0.3) is 11.1 Å². The van der Waals surface area contributed by atoms with E-state index in [1.54, 1.807) is 18.2 Å². The van der Waals surface area contributed by atoms with Crippen LogP contribution in [0.5, 0.6) is 5.75 Å². The van der Waals surface area contributed by atoms with E-state index in [0.717, 1.165) is 38.7 Å². The zero-order valence-corrected chi connectivity index (χ0v) is 23.9. The Balaban J connectivity index is 1.52. The number of phenols is 1. The lowest BCUT2D eigenvalue weighted by Gasteiger charge is -2.24. The minimum atomic E-state index is -0.120. The summed E-state index contributed by atoms with van der Waals surface area (Å²) in [4.78, 5) is 27.9. The smallest absolute Gasteiger partial charge is 0.251 e. The van der Waals surface area contributed by atoms with Crippen LogP contribution >= 0.6 is 15.9 Å². The van der Waals surface area contributed by atoms with Gasteiger partial charge in [0.1, 0.15) is 5.75 Å². The summed E-state index contributed by atoms with van der Waals surface area (Å²) >= 11 is 3.49. The number of carbonyl (C=O) groups excluding carboxylic acids is 2. The van der Waals surface area contributed by atoms with Gasteiger partial charge in [0.05, 0.1) is 6.42 Å². The van der Waals surface area contributed by atoms with E-state index in [-0.39, 0.29) is 17.6 Å². The molecule has 0 aromatic heterocycles. The van der Waals surface area contributed by atoms with Crippen LogP contribution in [0, 0.1) is 0 Å². The average molecular weight is 601 g/mol. The third kappa shape index (κ3) is 8.53. The topological polar surface area (TPSA) is 95.7 Å². The lowest BCUT2D eigenvalue weighted by atomic mass is 10.0. The number of hydrogen-bond donors (Lipinski definition) is 3. The molecule has 0 saturated heterocycles. The maximum absolute atomic E-state index is 13.5. The molecule has 4 aromatic rings. The Labute approximate surface area is 244 Å². The van der Waals surface area contributed by atoms with Gasteiger partial charge in [0.25, 0.3) is 5.91 Å². The molecule has 0 fully saturated rings. The molecule has 0 heterocycles. The summed E-state index contributed by atoms with van der Waals surface area (Å²) in [5.74, 6) is 0.142. The van der Waals surface area contributed by atoms with Gasteiger partial charge in [-0.05, 0) is 89.7 Å². The van der Waals surface area contributed by atoms with Crippen molar-refractivity contribution in [3.63, 3.8) is 0 Å². The highest BCUT2D eigenvalue weighted by Crippen LogP contribution is 2.23. The van der Waals surface area contributed by atoms with Gasteiger partial charge >= 0.3 is 0 Å². The average Bonchev–Trinajstić information content (AvgIpc) is 2.96. The van der Waals surface area contributed by atoms with Gasteiger partial charge < -0.3 is 21.1 Å². The van der Waals surface area contributed by atoms with E-state index in [1.165, 1.54) is 0 Å². The molecule has 2 amide bonds. The molecule has 0 saturated carbocycles. The summed E-state index contributed by atoms with van der Waals surface area (Å²) in [6.07, 6.45) is 1.71.